The molecule has 0 radical (unpaired) electrons. The molecule has 152 valence electrons. The van der Waals surface area contributed by atoms with E-state index in [9.17, 15) is 9.18 Å². The van der Waals surface area contributed by atoms with Crippen molar-refractivity contribution in [2.75, 3.05) is 10.7 Å². The van der Waals surface area contributed by atoms with Crippen molar-refractivity contribution >= 4 is 23.4 Å². The Morgan fingerprint density at radius 2 is 2.10 bits per heavy atom. The molecule has 1 atom stereocenters. The van der Waals surface area contributed by atoms with E-state index in [1.165, 1.54) is 28.8 Å². The third kappa shape index (κ3) is 3.78. The highest BCUT2D eigenvalue weighted by molar-refractivity contribution is 7.99. The predicted octanol–water partition coefficient (Wildman–Crippen LogP) is 4.79. The minimum atomic E-state index is -0.899. The molecular formula is C22H19FN4O2S. The van der Waals surface area contributed by atoms with Gasteiger partial charge in [-0.3, -0.25) is 9.69 Å². The van der Waals surface area contributed by atoms with E-state index < -0.39 is 12.0 Å². The molecule has 0 N–H and O–H groups in total. The van der Waals surface area contributed by atoms with Crippen molar-refractivity contribution in [2.45, 2.75) is 24.7 Å². The molecule has 0 spiro atoms. The first-order valence-corrected chi connectivity index (χ1v) is 10.4. The Bertz CT molecular complexity index is 1110. The molecule has 1 aliphatic heterocycles. The molecule has 2 heterocycles. The van der Waals surface area contributed by atoms with E-state index in [0.29, 0.717) is 33.4 Å². The van der Waals surface area contributed by atoms with Crippen LogP contribution >= 0.6 is 11.8 Å². The maximum absolute atomic E-state index is 14.0. The lowest BCUT2D eigenvalue weighted by Crippen LogP contribution is -2.37. The van der Waals surface area contributed by atoms with Crippen LogP contribution in [0.5, 0.6) is 5.88 Å². The molecule has 0 saturated heterocycles. The summed E-state index contributed by atoms with van der Waals surface area (Å²) in [5.41, 5.74) is 2.22. The Morgan fingerprint density at radius 1 is 1.27 bits per heavy atom. The first-order valence-electron chi connectivity index (χ1n) is 9.44. The molecule has 1 amide bonds. The van der Waals surface area contributed by atoms with Gasteiger partial charge < -0.3 is 4.74 Å². The normalized spacial score (nSPS) is 14.9. The highest BCUT2D eigenvalue weighted by Crippen LogP contribution is 2.43. The average Bonchev–Trinajstić information content (AvgIpc) is 2.91. The molecule has 4 rings (SSSR count). The molecule has 0 saturated carbocycles. The molecule has 0 bridgehead atoms. The number of para-hydroxylation sites is 1. The van der Waals surface area contributed by atoms with Crippen LogP contribution in [0.4, 0.5) is 10.1 Å². The largest absolute Gasteiger partial charge is 0.447 e. The van der Waals surface area contributed by atoms with Gasteiger partial charge in [-0.05, 0) is 18.2 Å². The first-order chi connectivity index (χ1) is 14.6. The van der Waals surface area contributed by atoms with E-state index in [1.807, 2.05) is 24.3 Å². The fourth-order valence-electron chi connectivity index (χ4n) is 3.23. The van der Waals surface area contributed by atoms with E-state index in [-0.39, 0.29) is 18.2 Å². The molecule has 0 aliphatic carbocycles. The monoisotopic (exact) mass is 422 g/mol. The third-order valence-corrected chi connectivity index (χ3v) is 5.38. The second kappa shape index (κ2) is 8.62. The summed E-state index contributed by atoms with van der Waals surface area (Å²) in [7, 11) is 0. The van der Waals surface area contributed by atoms with Crippen molar-refractivity contribution in [1.29, 1.82) is 0 Å². The fraction of sp³-hybridized carbons (Fsp3) is 0.182. The van der Waals surface area contributed by atoms with E-state index in [2.05, 4.69) is 21.8 Å². The number of aromatic nitrogens is 3. The van der Waals surface area contributed by atoms with E-state index in [4.69, 9.17) is 4.74 Å². The highest BCUT2D eigenvalue weighted by Gasteiger charge is 2.35. The summed E-state index contributed by atoms with van der Waals surface area (Å²) >= 11 is 1.37. The van der Waals surface area contributed by atoms with Gasteiger partial charge in [0.25, 0.3) is 0 Å². The molecule has 8 heteroatoms. The molecule has 30 heavy (non-hydrogen) atoms. The molecular weight excluding hydrogens is 403 g/mol. The number of ether oxygens (including phenoxy) is 1. The number of carbonyl (C=O) groups excluding carboxylic acids is 1. The van der Waals surface area contributed by atoms with E-state index in [0.717, 1.165) is 0 Å². The van der Waals surface area contributed by atoms with E-state index in [1.54, 1.807) is 25.1 Å². The minimum absolute atomic E-state index is 0.168. The van der Waals surface area contributed by atoms with Gasteiger partial charge in [-0.1, -0.05) is 55.1 Å². The van der Waals surface area contributed by atoms with Gasteiger partial charge in [0.05, 0.1) is 5.69 Å². The number of halogens is 1. The zero-order valence-electron chi connectivity index (χ0n) is 16.3. The Kier molecular flexibility index (Phi) is 5.76. The number of benzene rings is 2. The Balaban J connectivity index is 1.92. The number of hydrogen-bond acceptors (Lipinski definition) is 6. The minimum Gasteiger partial charge on any atom is -0.447 e. The number of hydrogen-bond donors (Lipinski definition) is 0. The summed E-state index contributed by atoms with van der Waals surface area (Å²) in [6, 6.07) is 13.4. The van der Waals surface area contributed by atoms with E-state index >= 15 is 0 Å². The van der Waals surface area contributed by atoms with Crippen LogP contribution in [0.1, 0.15) is 25.1 Å². The van der Waals surface area contributed by atoms with Crippen molar-refractivity contribution in [3.05, 3.63) is 72.6 Å². The molecule has 0 fully saturated rings. The lowest BCUT2D eigenvalue weighted by Gasteiger charge is -2.30. The third-order valence-electron chi connectivity index (χ3n) is 4.55. The van der Waals surface area contributed by atoms with Crippen molar-refractivity contribution in [3.8, 4) is 17.1 Å². The quantitative estimate of drug-likeness (QED) is 0.435. The van der Waals surface area contributed by atoms with Crippen molar-refractivity contribution in [1.82, 2.24) is 15.2 Å². The summed E-state index contributed by atoms with van der Waals surface area (Å²) in [5.74, 6) is 0.273. The van der Waals surface area contributed by atoms with Gasteiger partial charge in [-0.2, -0.15) is 4.98 Å². The average molecular weight is 422 g/mol. The molecule has 3 aromatic rings. The number of rotatable bonds is 5. The Labute approximate surface area is 177 Å². The molecule has 1 aromatic heterocycles. The summed E-state index contributed by atoms with van der Waals surface area (Å²) in [6.45, 7) is 5.47. The zero-order chi connectivity index (χ0) is 21.1. The maximum atomic E-state index is 14.0. The zero-order valence-corrected chi connectivity index (χ0v) is 17.1. The molecule has 6 nitrogen and oxygen atoms in total. The SMILES string of the molecule is C=CCSc1nnc2c(n1)O[C@H](c1cccc(F)c1)N(C(=O)CC)c1ccccc1-2. The first kappa shape index (κ1) is 20.0. The highest BCUT2D eigenvalue weighted by atomic mass is 32.2. The number of amides is 1. The molecule has 0 unspecified atom stereocenters. The second-order valence-corrected chi connectivity index (χ2v) is 7.49. The second-order valence-electron chi connectivity index (χ2n) is 6.51. The van der Waals surface area contributed by atoms with Gasteiger partial charge in [-0.15, -0.1) is 16.8 Å². The Hall–Kier alpha value is -3.26. The van der Waals surface area contributed by atoms with Crippen LogP contribution in [0, 0.1) is 5.82 Å². The van der Waals surface area contributed by atoms with Gasteiger partial charge in [0, 0.05) is 23.3 Å². The van der Waals surface area contributed by atoms with Crippen molar-refractivity contribution in [3.63, 3.8) is 0 Å². The van der Waals surface area contributed by atoms with Crippen LogP contribution < -0.4 is 9.64 Å². The summed E-state index contributed by atoms with van der Waals surface area (Å²) < 4.78 is 20.2. The van der Waals surface area contributed by atoms with Crippen LogP contribution in [0.25, 0.3) is 11.3 Å². The van der Waals surface area contributed by atoms with Crippen molar-refractivity contribution in [2.24, 2.45) is 0 Å². The number of carbonyl (C=O) groups is 1. The van der Waals surface area contributed by atoms with Crippen LogP contribution in [0.3, 0.4) is 0 Å². The lowest BCUT2D eigenvalue weighted by atomic mass is 10.1. The van der Waals surface area contributed by atoms with Crippen LogP contribution in [0.15, 0.2) is 66.3 Å². The summed E-state index contributed by atoms with van der Waals surface area (Å²) in [6.07, 6.45) is 1.09. The van der Waals surface area contributed by atoms with Crippen LogP contribution in [0.2, 0.25) is 0 Å². The lowest BCUT2D eigenvalue weighted by molar-refractivity contribution is -0.120. The fourth-order valence-corrected chi connectivity index (χ4v) is 3.74. The number of anilines is 1. The summed E-state index contributed by atoms with van der Waals surface area (Å²) in [5, 5.41) is 8.95. The van der Waals surface area contributed by atoms with Gasteiger partial charge in [0.1, 0.15) is 5.82 Å². The Morgan fingerprint density at radius 3 is 2.87 bits per heavy atom. The van der Waals surface area contributed by atoms with Crippen molar-refractivity contribution < 1.29 is 13.9 Å². The maximum Gasteiger partial charge on any atom is 0.247 e. The van der Waals surface area contributed by atoms with Crippen LogP contribution in [-0.2, 0) is 4.79 Å². The van der Waals surface area contributed by atoms with Gasteiger partial charge >= 0.3 is 0 Å². The van der Waals surface area contributed by atoms with Gasteiger partial charge in [-0.25, -0.2) is 4.39 Å². The molecule has 1 aliphatic rings. The predicted molar refractivity (Wildman–Crippen MR) is 114 cm³/mol. The number of nitrogens with zero attached hydrogens (tertiary/aromatic N) is 4. The van der Waals surface area contributed by atoms with Gasteiger partial charge in [0.2, 0.25) is 23.2 Å². The molecule has 2 aromatic carbocycles. The number of thioether (sulfide) groups is 1. The van der Waals surface area contributed by atoms with Gasteiger partial charge in [0.15, 0.2) is 5.69 Å². The smallest absolute Gasteiger partial charge is 0.247 e. The standard InChI is InChI=1S/C22H19FN4O2S/c1-3-12-30-22-24-20-19(25-26-22)16-10-5-6-11-17(16)27(18(28)4-2)21(29-20)14-8-7-9-15(23)13-14/h3,5-11,13,21H,1,4,12H2,2H3/t21-/m1/s1. The van der Waals surface area contributed by atoms with Crippen LogP contribution in [-0.4, -0.2) is 26.8 Å². The topological polar surface area (TPSA) is 68.2 Å². The number of fused-ring (bicyclic) bond motifs is 3. The summed E-state index contributed by atoms with van der Waals surface area (Å²) in [4.78, 5) is 19.0.